The predicted octanol–water partition coefficient (Wildman–Crippen LogP) is 5.17. The van der Waals surface area contributed by atoms with E-state index >= 15 is 0 Å². The molecule has 0 radical (unpaired) electrons. The van der Waals surface area contributed by atoms with Gasteiger partial charge in [0.05, 0.1) is 4.34 Å². The third-order valence-corrected chi connectivity index (χ3v) is 3.88. The SMILES string of the molecule is CCCNC(CCCC(F)(F)F)c1ccc(Cl)s1. The maximum Gasteiger partial charge on any atom is 0.389 e. The lowest BCUT2D eigenvalue weighted by Crippen LogP contribution is -2.22. The summed E-state index contributed by atoms with van der Waals surface area (Å²) in [5.41, 5.74) is 0. The molecule has 6 heteroatoms. The van der Waals surface area contributed by atoms with Gasteiger partial charge in [-0.25, -0.2) is 0 Å². The molecular formula is C12H17ClF3NS. The lowest BCUT2D eigenvalue weighted by molar-refractivity contribution is -0.135. The molecule has 1 aromatic rings. The van der Waals surface area contributed by atoms with Crippen LogP contribution in [0.4, 0.5) is 13.2 Å². The number of nitrogens with one attached hydrogen (secondary N) is 1. The van der Waals surface area contributed by atoms with Gasteiger partial charge in [-0.1, -0.05) is 18.5 Å². The highest BCUT2D eigenvalue weighted by molar-refractivity contribution is 7.16. The molecule has 1 nitrogen and oxygen atoms in total. The highest BCUT2D eigenvalue weighted by Crippen LogP contribution is 2.31. The molecule has 0 spiro atoms. The second-order valence-electron chi connectivity index (χ2n) is 4.16. The molecule has 0 aromatic carbocycles. The molecule has 1 aromatic heterocycles. The summed E-state index contributed by atoms with van der Waals surface area (Å²) >= 11 is 7.28. The van der Waals surface area contributed by atoms with Gasteiger partial charge in [0, 0.05) is 17.3 Å². The van der Waals surface area contributed by atoms with Crippen molar-refractivity contribution in [1.82, 2.24) is 5.32 Å². The van der Waals surface area contributed by atoms with Crippen LogP contribution in [0.5, 0.6) is 0 Å². The number of hydrogen-bond acceptors (Lipinski definition) is 2. The Balaban J connectivity index is 2.51. The van der Waals surface area contributed by atoms with E-state index in [-0.39, 0.29) is 12.5 Å². The van der Waals surface area contributed by atoms with Crippen LogP contribution in [0.25, 0.3) is 0 Å². The van der Waals surface area contributed by atoms with Crippen LogP contribution in [0.3, 0.4) is 0 Å². The first-order chi connectivity index (χ1) is 8.42. The van der Waals surface area contributed by atoms with E-state index in [1.165, 1.54) is 11.3 Å². The summed E-state index contributed by atoms with van der Waals surface area (Å²) in [6.45, 7) is 2.83. The number of hydrogen-bond donors (Lipinski definition) is 1. The van der Waals surface area contributed by atoms with Crippen molar-refractivity contribution in [2.75, 3.05) is 6.54 Å². The van der Waals surface area contributed by atoms with Crippen LogP contribution >= 0.6 is 22.9 Å². The molecule has 0 fully saturated rings. The van der Waals surface area contributed by atoms with Crippen molar-refractivity contribution in [3.05, 3.63) is 21.3 Å². The summed E-state index contributed by atoms with van der Waals surface area (Å²) in [6.07, 6.45) is -3.22. The normalized spacial score (nSPS) is 13.8. The Kier molecular flexibility index (Phi) is 6.46. The van der Waals surface area contributed by atoms with Crippen molar-refractivity contribution in [3.63, 3.8) is 0 Å². The second-order valence-corrected chi connectivity index (χ2v) is 5.90. The van der Waals surface area contributed by atoms with Gasteiger partial charge in [-0.15, -0.1) is 11.3 Å². The van der Waals surface area contributed by atoms with Gasteiger partial charge >= 0.3 is 6.18 Å². The third kappa shape index (κ3) is 6.07. The van der Waals surface area contributed by atoms with E-state index in [0.29, 0.717) is 10.8 Å². The highest BCUT2D eigenvalue weighted by Gasteiger charge is 2.27. The zero-order chi connectivity index (χ0) is 13.6. The molecule has 104 valence electrons. The van der Waals surface area contributed by atoms with E-state index in [2.05, 4.69) is 5.32 Å². The third-order valence-electron chi connectivity index (χ3n) is 2.53. The average Bonchev–Trinajstić information content (AvgIpc) is 2.68. The van der Waals surface area contributed by atoms with Gasteiger partial charge in [-0.05, 0) is 37.9 Å². The topological polar surface area (TPSA) is 12.0 Å². The standard InChI is InChI=1S/C12H17ClF3NS/c1-2-8-17-9(4-3-7-12(14,15)16)10-5-6-11(13)18-10/h5-6,9,17H,2-4,7-8H2,1H3. The molecule has 1 atom stereocenters. The molecule has 0 bridgehead atoms. The summed E-state index contributed by atoms with van der Waals surface area (Å²) in [4.78, 5) is 1.01. The van der Waals surface area contributed by atoms with Crippen LogP contribution < -0.4 is 5.32 Å². The van der Waals surface area contributed by atoms with Crippen molar-refractivity contribution in [2.45, 2.75) is 44.8 Å². The molecule has 0 saturated heterocycles. The molecule has 1 unspecified atom stereocenters. The molecule has 1 N–H and O–H groups in total. The van der Waals surface area contributed by atoms with Crippen molar-refractivity contribution in [2.24, 2.45) is 0 Å². The zero-order valence-electron chi connectivity index (χ0n) is 10.2. The van der Waals surface area contributed by atoms with E-state index in [0.717, 1.165) is 17.8 Å². The average molecular weight is 300 g/mol. The minimum absolute atomic E-state index is 0.0233. The van der Waals surface area contributed by atoms with E-state index < -0.39 is 12.6 Å². The van der Waals surface area contributed by atoms with E-state index in [9.17, 15) is 13.2 Å². The van der Waals surface area contributed by atoms with Crippen LogP contribution in [-0.2, 0) is 0 Å². The Morgan fingerprint density at radius 2 is 2.11 bits per heavy atom. The first-order valence-electron chi connectivity index (χ1n) is 5.97. The summed E-state index contributed by atoms with van der Waals surface area (Å²) in [6, 6.07) is 3.64. The first-order valence-corrected chi connectivity index (χ1v) is 7.17. The number of alkyl halides is 3. The van der Waals surface area contributed by atoms with Crippen LogP contribution in [0, 0.1) is 0 Å². The minimum Gasteiger partial charge on any atom is -0.309 e. The highest BCUT2D eigenvalue weighted by atomic mass is 35.5. The Bertz CT molecular complexity index is 351. The van der Waals surface area contributed by atoms with Crippen molar-refractivity contribution in [1.29, 1.82) is 0 Å². The predicted molar refractivity (Wildman–Crippen MR) is 70.3 cm³/mol. The quantitative estimate of drug-likeness (QED) is 0.732. The van der Waals surface area contributed by atoms with Crippen LogP contribution in [0.1, 0.15) is 43.5 Å². The monoisotopic (exact) mass is 299 g/mol. The zero-order valence-corrected chi connectivity index (χ0v) is 11.8. The Morgan fingerprint density at radius 3 is 2.61 bits per heavy atom. The van der Waals surface area contributed by atoms with E-state index in [1.807, 2.05) is 13.0 Å². The fraction of sp³-hybridized carbons (Fsp3) is 0.667. The Morgan fingerprint density at radius 1 is 1.39 bits per heavy atom. The van der Waals surface area contributed by atoms with Gasteiger partial charge in [-0.2, -0.15) is 13.2 Å². The number of rotatable bonds is 7. The van der Waals surface area contributed by atoms with Crippen molar-refractivity contribution in [3.8, 4) is 0 Å². The molecule has 0 saturated carbocycles. The summed E-state index contributed by atoms with van der Waals surface area (Å²) in [5.74, 6) is 0. The van der Waals surface area contributed by atoms with E-state index in [1.54, 1.807) is 6.07 Å². The maximum absolute atomic E-state index is 12.1. The van der Waals surface area contributed by atoms with Gasteiger partial charge in [-0.3, -0.25) is 0 Å². The van der Waals surface area contributed by atoms with Crippen LogP contribution in [0.2, 0.25) is 4.34 Å². The molecule has 0 aliphatic heterocycles. The molecule has 0 aliphatic rings. The van der Waals surface area contributed by atoms with Gasteiger partial charge in [0.15, 0.2) is 0 Å². The van der Waals surface area contributed by atoms with Gasteiger partial charge in [0.2, 0.25) is 0 Å². The fourth-order valence-electron chi connectivity index (χ4n) is 1.69. The summed E-state index contributed by atoms with van der Waals surface area (Å²) in [5, 5.41) is 3.27. The number of thiophene rings is 1. The molecule has 1 rings (SSSR count). The first kappa shape index (κ1) is 15.8. The molecule has 1 heterocycles. The van der Waals surface area contributed by atoms with Gasteiger partial charge in [0.1, 0.15) is 0 Å². The van der Waals surface area contributed by atoms with Crippen molar-refractivity contribution >= 4 is 22.9 Å². The summed E-state index contributed by atoms with van der Waals surface area (Å²) < 4.78 is 37.0. The van der Waals surface area contributed by atoms with Gasteiger partial charge < -0.3 is 5.32 Å². The van der Waals surface area contributed by atoms with Gasteiger partial charge in [0.25, 0.3) is 0 Å². The molecule has 0 amide bonds. The Labute approximate surface area is 114 Å². The molecular weight excluding hydrogens is 283 g/mol. The van der Waals surface area contributed by atoms with Crippen LogP contribution in [0.15, 0.2) is 12.1 Å². The van der Waals surface area contributed by atoms with Crippen molar-refractivity contribution < 1.29 is 13.2 Å². The fourth-order valence-corrected chi connectivity index (χ4v) is 2.86. The number of halogens is 4. The maximum atomic E-state index is 12.1. The molecule has 18 heavy (non-hydrogen) atoms. The summed E-state index contributed by atoms with van der Waals surface area (Å²) in [7, 11) is 0. The lowest BCUT2D eigenvalue weighted by Gasteiger charge is -2.17. The smallest absolute Gasteiger partial charge is 0.309 e. The van der Waals surface area contributed by atoms with Crippen LogP contribution in [-0.4, -0.2) is 12.7 Å². The Hall–Kier alpha value is -0.260. The lowest BCUT2D eigenvalue weighted by atomic mass is 10.1. The second kappa shape index (κ2) is 7.36. The minimum atomic E-state index is -4.07. The molecule has 0 aliphatic carbocycles. The van der Waals surface area contributed by atoms with E-state index in [4.69, 9.17) is 11.6 Å². The largest absolute Gasteiger partial charge is 0.389 e.